The minimum absolute atomic E-state index is 0.210. The molecule has 0 amide bonds. The number of hydrogen-bond donors (Lipinski definition) is 0. The number of hydrogen-bond acceptors (Lipinski definition) is 3. The summed E-state index contributed by atoms with van der Waals surface area (Å²) in [6.45, 7) is 2.05. The third kappa shape index (κ3) is 7.65. The summed E-state index contributed by atoms with van der Waals surface area (Å²) in [4.78, 5) is 0. The Morgan fingerprint density at radius 2 is 1.59 bits per heavy atom. The van der Waals surface area contributed by atoms with Gasteiger partial charge in [0, 0.05) is 17.7 Å². The summed E-state index contributed by atoms with van der Waals surface area (Å²) in [5.74, 6) is -1.19. The van der Waals surface area contributed by atoms with Crippen LogP contribution in [0, 0.1) is 17.6 Å². The molecule has 0 atom stereocenters. The first-order valence-corrected chi connectivity index (χ1v) is 12.6. The number of ether oxygens (including phenoxy) is 3. The van der Waals surface area contributed by atoms with Gasteiger partial charge >= 0.3 is 6.18 Å². The van der Waals surface area contributed by atoms with Gasteiger partial charge in [-0.2, -0.15) is 13.2 Å². The maximum atomic E-state index is 15.2. The fourth-order valence-corrected chi connectivity index (χ4v) is 4.60. The lowest BCUT2D eigenvalue weighted by molar-refractivity contribution is -0.203. The maximum absolute atomic E-state index is 15.2. The van der Waals surface area contributed by atoms with E-state index in [1.165, 1.54) is 12.1 Å². The third-order valence-electron chi connectivity index (χ3n) is 6.57. The molecule has 0 radical (unpaired) electrons. The van der Waals surface area contributed by atoms with Crippen LogP contribution in [0.5, 0.6) is 5.75 Å². The predicted octanol–water partition coefficient (Wildman–Crippen LogP) is 7.57. The van der Waals surface area contributed by atoms with Crippen molar-refractivity contribution in [3.8, 4) is 5.75 Å². The van der Waals surface area contributed by atoms with Crippen molar-refractivity contribution in [2.24, 2.45) is 5.92 Å². The molecular formula is C29H31F5O3. The van der Waals surface area contributed by atoms with Crippen LogP contribution in [0.2, 0.25) is 0 Å². The van der Waals surface area contributed by atoms with Gasteiger partial charge in [-0.1, -0.05) is 49.7 Å². The summed E-state index contributed by atoms with van der Waals surface area (Å²) in [7, 11) is 0. The number of halogens is 5. The topological polar surface area (TPSA) is 27.7 Å². The zero-order valence-corrected chi connectivity index (χ0v) is 20.8. The molecule has 0 spiro atoms. The lowest BCUT2D eigenvalue weighted by atomic mass is 9.98. The van der Waals surface area contributed by atoms with Gasteiger partial charge in [0.15, 0.2) is 24.5 Å². The van der Waals surface area contributed by atoms with Crippen LogP contribution < -0.4 is 4.74 Å². The Bertz CT molecular complexity index is 1190. The Morgan fingerprint density at radius 3 is 2.30 bits per heavy atom. The largest absolute Gasteiger partial charge is 0.481 e. The van der Waals surface area contributed by atoms with Gasteiger partial charge in [0.2, 0.25) is 0 Å². The number of alkyl halides is 3. The monoisotopic (exact) mass is 522 g/mol. The minimum Gasteiger partial charge on any atom is -0.481 e. The highest BCUT2D eigenvalue weighted by atomic mass is 19.4. The molecule has 3 aromatic rings. The lowest BCUT2D eigenvalue weighted by Crippen LogP contribution is -2.32. The average molecular weight is 523 g/mol. The molecule has 1 aliphatic heterocycles. The van der Waals surface area contributed by atoms with Gasteiger partial charge in [-0.15, -0.1) is 0 Å². The molecule has 1 saturated heterocycles. The number of aryl methyl sites for hydroxylation is 3. The van der Waals surface area contributed by atoms with Crippen molar-refractivity contribution in [1.82, 2.24) is 0 Å². The van der Waals surface area contributed by atoms with Crippen LogP contribution in [0.3, 0.4) is 0 Å². The fourth-order valence-electron chi connectivity index (χ4n) is 4.60. The van der Waals surface area contributed by atoms with Crippen molar-refractivity contribution >= 4 is 10.8 Å². The van der Waals surface area contributed by atoms with E-state index in [1.54, 1.807) is 12.1 Å². The normalized spacial score (nSPS) is 18.3. The molecule has 0 saturated carbocycles. The first-order chi connectivity index (χ1) is 17.7. The van der Waals surface area contributed by atoms with Gasteiger partial charge in [0.1, 0.15) is 5.82 Å². The smallest absolute Gasteiger partial charge is 0.422 e. The van der Waals surface area contributed by atoms with Crippen molar-refractivity contribution in [2.45, 2.75) is 57.9 Å². The van der Waals surface area contributed by atoms with Gasteiger partial charge in [0.05, 0.1) is 13.2 Å². The molecule has 1 aliphatic rings. The van der Waals surface area contributed by atoms with E-state index in [0.29, 0.717) is 35.3 Å². The van der Waals surface area contributed by atoms with Gasteiger partial charge < -0.3 is 14.2 Å². The summed E-state index contributed by atoms with van der Waals surface area (Å²) < 4.78 is 82.3. The molecule has 0 N–H and O–H groups in total. The molecule has 37 heavy (non-hydrogen) atoms. The van der Waals surface area contributed by atoms with Crippen molar-refractivity contribution in [2.75, 3.05) is 19.8 Å². The highest BCUT2D eigenvalue weighted by Crippen LogP contribution is 2.27. The van der Waals surface area contributed by atoms with Gasteiger partial charge in [-0.3, -0.25) is 0 Å². The Balaban J connectivity index is 1.33. The molecule has 200 valence electrons. The summed E-state index contributed by atoms with van der Waals surface area (Å²) >= 11 is 0. The van der Waals surface area contributed by atoms with E-state index < -0.39 is 24.3 Å². The van der Waals surface area contributed by atoms with Crippen LogP contribution in [0.4, 0.5) is 22.0 Å². The van der Waals surface area contributed by atoms with Crippen LogP contribution in [0.1, 0.15) is 42.9 Å². The third-order valence-corrected chi connectivity index (χ3v) is 6.57. The van der Waals surface area contributed by atoms with Crippen LogP contribution in [0.15, 0.2) is 48.5 Å². The fraction of sp³-hybridized carbons (Fsp3) is 0.448. The van der Waals surface area contributed by atoms with Crippen molar-refractivity contribution < 1.29 is 36.2 Å². The lowest BCUT2D eigenvalue weighted by Gasteiger charge is -2.29. The standard InChI is InChI=1S/C29H31F5O3/c1-2-3-21-16-35-27(36-17-21)13-7-19-5-11-24-23(14-19)10-9-22(28(24)31)8-4-20-6-12-26(25(30)15-20)37-18-29(32,33)34/h5-6,9-12,14-15,21,27H,2-4,7-8,13,16-18H2,1H3. The highest BCUT2D eigenvalue weighted by molar-refractivity contribution is 5.84. The first-order valence-electron chi connectivity index (χ1n) is 12.6. The Kier molecular flexibility index (Phi) is 9.03. The zero-order valence-electron chi connectivity index (χ0n) is 20.8. The Morgan fingerprint density at radius 1 is 0.865 bits per heavy atom. The van der Waals surface area contributed by atoms with Crippen molar-refractivity contribution in [3.63, 3.8) is 0 Å². The van der Waals surface area contributed by atoms with Crippen molar-refractivity contribution in [1.29, 1.82) is 0 Å². The predicted molar refractivity (Wildman–Crippen MR) is 132 cm³/mol. The molecular weight excluding hydrogens is 491 g/mol. The molecule has 3 nitrogen and oxygen atoms in total. The zero-order chi connectivity index (χ0) is 26.4. The van der Waals surface area contributed by atoms with E-state index in [2.05, 4.69) is 11.7 Å². The number of benzene rings is 3. The second-order valence-corrected chi connectivity index (χ2v) is 9.55. The van der Waals surface area contributed by atoms with Gasteiger partial charge in [-0.05, 0) is 59.9 Å². The first kappa shape index (κ1) is 27.3. The van der Waals surface area contributed by atoms with E-state index in [0.717, 1.165) is 55.9 Å². The summed E-state index contributed by atoms with van der Waals surface area (Å²) in [6, 6.07) is 13.0. The highest BCUT2D eigenvalue weighted by Gasteiger charge is 2.29. The molecule has 0 unspecified atom stereocenters. The van der Waals surface area contributed by atoms with Crippen LogP contribution >= 0.6 is 0 Å². The maximum Gasteiger partial charge on any atom is 0.422 e. The molecule has 3 aromatic carbocycles. The number of fused-ring (bicyclic) bond motifs is 1. The van der Waals surface area contributed by atoms with Crippen LogP contribution in [-0.2, 0) is 28.7 Å². The van der Waals surface area contributed by atoms with E-state index in [1.807, 2.05) is 18.2 Å². The molecule has 1 heterocycles. The molecule has 0 bridgehead atoms. The molecule has 8 heteroatoms. The van der Waals surface area contributed by atoms with Gasteiger partial charge in [-0.25, -0.2) is 8.78 Å². The average Bonchev–Trinajstić information content (AvgIpc) is 2.87. The van der Waals surface area contributed by atoms with E-state index in [4.69, 9.17) is 9.47 Å². The molecule has 4 rings (SSSR count). The SMILES string of the molecule is CCCC1COC(CCc2ccc3c(F)c(CCc4ccc(OCC(F)(F)F)c(F)c4)ccc3c2)OC1. The van der Waals surface area contributed by atoms with E-state index in [9.17, 15) is 17.6 Å². The minimum atomic E-state index is -4.55. The molecule has 0 aliphatic carbocycles. The summed E-state index contributed by atoms with van der Waals surface area (Å²) in [5, 5.41) is 1.31. The van der Waals surface area contributed by atoms with Gasteiger partial charge in [0.25, 0.3) is 0 Å². The van der Waals surface area contributed by atoms with Crippen molar-refractivity contribution in [3.05, 3.63) is 76.9 Å². The molecule has 1 fully saturated rings. The molecule has 0 aromatic heterocycles. The Hall–Kier alpha value is -2.71. The van der Waals surface area contributed by atoms with Crippen LogP contribution in [-0.4, -0.2) is 32.3 Å². The van der Waals surface area contributed by atoms with Crippen LogP contribution in [0.25, 0.3) is 10.8 Å². The quantitative estimate of drug-likeness (QED) is 0.257. The Labute approximate surface area is 213 Å². The summed E-state index contributed by atoms with van der Waals surface area (Å²) in [6.07, 6.45) is -0.383. The second kappa shape index (κ2) is 12.2. The second-order valence-electron chi connectivity index (χ2n) is 9.55. The van der Waals surface area contributed by atoms with E-state index in [-0.39, 0.29) is 12.1 Å². The van der Waals surface area contributed by atoms with E-state index >= 15 is 4.39 Å². The number of rotatable bonds is 10. The summed E-state index contributed by atoms with van der Waals surface area (Å²) in [5.41, 5.74) is 2.11.